The van der Waals surface area contributed by atoms with Crippen LogP contribution < -0.4 is 5.73 Å². The smallest absolute Gasteiger partial charge is 0.320 e. The zero-order valence-corrected chi connectivity index (χ0v) is 11.1. The number of likely N-dealkylation sites (N-methyl/N-ethyl adjacent to an activating group) is 1. The first kappa shape index (κ1) is 13.9. The summed E-state index contributed by atoms with van der Waals surface area (Å²) in [6.45, 7) is 2.11. The van der Waals surface area contributed by atoms with E-state index in [0.717, 1.165) is 31.6 Å². The molecule has 3 N–H and O–H groups in total. The van der Waals surface area contributed by atoms with Crippen molar-refractivity contribution in [1.82, 2.24) is 14.9 Å². The third-order valence-electron chi connectivity index (χ3n) is 3.49. The molecule has 0 bridgehead atoms. The van der Waals surface area contributed by atoms with Crippen molar-refractivity contribution in [2.75, 3.05) is 20.1 Å². The number of carboxylic acid groups (broad SMARTS) is 1. The largest absolute Gasteiger partial charge is 0.480 e. The van der Waals surface area contributed by atoms with Crippen molar-refractivity contribution < 1.29 is 9.90 Å². The quantitative estimate of drug-likeness (QED) is 0.809. The van der Waals surface area contributed by atoms with Gasteiger partial charge in [0, 0.05) is 30.8 Å². The lowest BCUT2D eigenvalue weighted by Gasteiger charge is -2.29. The van der Waals surface area contributed by atoms with Crippen LogP contribution in [0, 0.1) is 0 Å². The first-order valence-corrected chi connectivity index (χ1v) is 6.55. The fraction of sp³-hybridized carbons (Fsp3) is 0.615. The van der Waals surface area contributed by atoms with Gasteiger partial charge in [-0.3, -0.25) is 4.79 Å². The van der Waals surface area contributed by atoms with E-state index in [1.165, 1.54) is 0 Å². The summed E-state index contributed by atoms with van der Waals surface area (Å²) >= 11 is 0. The topological polar surface area (TPSA) is 92.3 Å². The van der Waals surface area contributed by atoms with Gasteiger partial charge in [0.05, 0.1) is 0 Å². The lowest BCUT2D eigenvalue weighted by atomic mass is 9.95. The van der Waals surface area contributed by atoms with Crippen LogP contribution in [0.15, 0.2) is 12.3 Å². The number of hydrogen-bond acceptors (Lipinski definition) is 5. The molecule has 2 unspecified atom stereocenters. The molecule has 6 heteroatoms. The monoisotopic (exact) mass is 264 g/mol. The Morgan fingerprint density at radius 3 is 3.16 bits per heavy atom. The lowest BCUT2D eigenvalue weighted by Crippen LogP contribution is -2.33. The van der Waals surface area contributed by atoms with Crippen LogP contribution in [0.2, 0.25) is 0 Å². The summed E-state index contributed by atoms with van der Waals surface area (Å²) in [5.74, 6) is -0.103. The highest BCUT2D eigenvalue weighted by molar-refractivity contribution is 5.73. The Kier molecular flexibility index (Phi) is 4.44. The molecule has 1 aliphatic rings. The lowest BCUT2D eigenvalue weighted by molar-refractivity contribution is -0.138. The second-order valence-electron chi connectivity index (χ2n) is 5.15. The molecule has 1 aromatic rings. The summed E-state index contributed by atoms with van der Waals surface area (Å²) in [5, 5.41) is 8.81. The molecular formula is C13H20N4O2. The van der Waals surface area contributed by atoms with Crippen molar-refractivity contribution in [3.63, 3.8) is 0 Å². The molecule has 104 valence electrons. The van der Waals surface area contributed by atoms with Gasteiger partial charge in [-0.05, 0) is 32.5 Å². The van der Waals surface area contributed by atoms with Gasteiger partial charge >= 0.3 is 5.97 Å². The van der Waals surface area contributed by atoms with Crippen LogP contribution in [0.3, 0.4) is 0 Å². The number of rotatable bonds is 4. The van der Waals surface area contributed by atoms with E-state index in [4.69, 9.17) is 10.8 Å². The fourth-order valence-electron chi connectivity index (χ4n) is 2.43. The molecule has 0 spiro atoms. The molecule has 0 saturated carbocycles. The second-order valence-corrected chi connectivity index (χ2v) is 5.15. The molecule has 0 radical (unpaired) electrons. The van der Waals surface area contributed by atoms with E-state index in [2.05, 4.69) is 21.9 Å². The van der Waals surface area contributed by atoms with Crippen LogP contribution >= 0.6 is 0 Å². The molecule has 1 fully saturated rings. The maximum atomic E-state index is 10.7. The van der Waals surface area contributed by atoms with Crippen molar-refractivity contribution in [3.05, 3.63) is 23.8 Å². The van der Waals surface area contributed by atoms with E-state index >= 15 is 0 Å². The third-order valence-corrected chi connectivity index (χ3v) is 3.49. The van der Waals surface area contributed by atoms with Crippen LogP contribution in [0.25, 0.3) is 0 Å². The summed E-state index contributed by atoms with van der Waals surface area (Å²) in [4.78, 5) is 21.6. The fourth-order valence-corrected chi connectivity index (χ4v) is 2.43. The number of aliphatic carboxylic acids is 1. The summed E-state index contributed by atoms with van der Waals surface area (Å²) in [5.41, 5.74) is 6.51. The average Bonchev–Trinajstić information content (AvgIpc) is 2.39. The van der Waals surface area contributed by atoms with E-state index in [0.29, 0.717) is 11.7 Å². The molecule has 19 heavy (non-hydrogen) atoms. The van der Waals surface area contributed by atoms with Gasteiger partial charge in [-0.25, -0.2) is 9.97 Å². The maximum absolute atomic E-state index is 10.7. The zero-order chi connectivity index (χ0) is 13.8. The number of likely N-dealkylation sites (tertiary alicyclic amines) is 1. The number of nitrogens with zero attached hydrogens (tertiary/aromatic N) is 3. The van der Waals surface area contributed by atoms with E-state index in [9.17, 15) is 4.79 Å². The highest BCUT2D eigenvalue weighted by Crippen LogP contribution is 2.24. The number of hydrogen-bond donors (Lipinski definition) is 2. The van der Waals surface area contributed by atoms with Gasteiger partial charge in [0.2, 0.25) is 0 Å². The molecule has 1 aliphatic heterocycles. The first-order chi connectivity index (χ1) is 9.06. The Labute approximate surface area is 112 Å². The minimum absolute atomic E-state index is 0.172. The van der Waals surface area contributed by atoms with Crippen LogP contribution in [0.1, 0.15) is 30.3 Å². The molecule has 0 amide bonds. The molecule has 6 nitrogen and oxygen atoms in total. The molecular weight excluding hydrogens is 244 g/mol. The predicted molar refractivity (Wildman–Crippen MR) is 70.8 cm³/mol. The number of piperidine rings is 1. The van der Waals surface area contributed by atoms with Crippen LogP contribution in [0.5, 0.6) is 0 Å². The van der Waals surface area contributed by atoms with Gasteiger partial charge in [-0.2, -0.15) is 0 Å². The SMILES string of the molecule is CN1CCCC(c2ccnc(CC(N)C(=O)O)n2)C1. The number of carboxylic acids is 1. The highest BCUT2D eigenvalue weighted by Gasteiger charge is 2.21. The molecule has 1 saturated heterocycles. The van der Waals surface area contributed by atoms with Crippen molar-refractivity contribution in [3.8, 4) is 0 Å². The summed E-state index contributed by atoms with van der Waals surface area (Å²) in [6.07, 6.45) is 4.15. The maximum Gasteiger partial charge on any atom is 0.320 e. The summed E-state index contributed by atoms with van der Waals surface area (Å²) < 4.78 is 0. The highest BCUT2D eigenvalue weighted by atomic mass is 16.4. The van der Waals surface area contributed by atoms with E-state index < -0.39 is 12.0 Å². The minimum atomic E-state index is -1.02. The Morgan fingerprint density at radius 2 is 2.47 bits per heavy atom. The Hall–Kier alpha value is -1.53. The standard InChI is InChI=1S/C13H20N4O2/c1-17-6-2-3-9(8-17)11-4-5-15-12(16-11)7-10(14)13(18)19/h4-5,9-10H,2-3,6-8,14H2,1H3,(H,18,19). The third kappa shape index (κ3) is 3.71. The molecule has 2 heterocycles. The van der Waals surface area contributed by atoms with Crippen LogP contribution in [-0.2, 0) is 11.2 Å². The molecule has 2 atom stereocenters. The zero-order valence-electron chi connectivity index (χ0n) is 11.1. The Balaban J connectivity index is 2.08. The van der Waals surface area contributed by atoms with Crippen molar-refractivity contribution in [2.45, 2.75) is 31.2 Å². The number of carbonyl (C=O) groups is 1. The van der Waals surface area contributed by atoms with Crippen molar-refractivity contribution in [1.29, 1.82) is 0 Å². The van der Waals surface area contributed by atoms with E-state index in [1.54, 1.807) is 6.20 Å². The summed E-state index contributed by atoms with van der Waals surface area (Å²) in [6, 6.07) is 0.976. The van der Waals surface area contributed by atoms with E-state index in [-0.39, 0.29) is 6.42 Å². The Bertz CT molecular complexity index is 452. The van der Waals surface area contributed by atoms with Crippen LogP contribution in [-0.4, -0.2) is 52.1 Å². The second kappa shape index (κ2) is 6.08. The Morgan fingerprint density at radius 1 is 1.68 bits per heavy atom. The molecule has 0 aromatic carbocycles. The van der Waals surface area contributed by atoms with Gasteiger partial charge in [-0.1, -0.05) is 0 Å². The van der Waals surface area contributed by atoms with E-state index in [1.807, 2.05) is 6.07 Å². The van der Waals surface area contributed by atoms with Gasteiger partial charge in [0.1, 0.15) is 11.9 Å². The molecule has 2 rings (SSSR count). The average molecular weight is 264 g/mol. The normalized spacial score (nSPS) is 22.1. The predicted octanol–water partition coefficient (Wildman–Crippen LogP) is 0.240. The number of nitrogens with two attached hydrogens (primary N) is 1. The molecule has 1 aromatic heterocycles. The van der Waals surface area contributed by atoms with Crippen LogP contribution in [0.4, 0.5) is 0 Å². The van der Waals surface area contributed by atoms with Gasteiger partial charge < -0.3 is 15.7 Å². The summed E-state index contributed by atoms with van der Waals surface area (Å²) in [7, 11) is 2.11. The van der Waals surface area contributed by atoms with Crippen molar-refractivity contribution >= 4 is 5.97 Å². The van der Waals surface area contributed by atoms with Gasteiger partial charge in [-0.15, -0.1) is 0 Å². The van der Waals surface area contributed by atoms with Gasteiger partial charge in [0.15, 0.2) is 0 Å². The minimum Gasteiger partial charge on any atom is -0.480 e. The number of aromatic nitrogens is 2. The van der Waals surface area contributed by atoms with Gasteiger partial charge in [0.25, 0.3) is 0 Å². The van der Waals surface area contributed by atoms with Crippen molar-refractivity contribution in [2.24, 2.45) is 5.73 Å². The first-order valence-electron chi connectivity index (χ1n) is 6.55. The molecule has 0 aliphatic carbocycles.